The van der Waals surface area contributed by atoms with Crippen LogP contribution < -0.4 is 0 Å². The monoisotopic (exact) mass is 252 g/mol. The smallest absolute Gasteiger partial charge is 0.143 e. The largest absolute Gasteiger partial charge is 0.369 e. The van der Waals surface area contributed by atoms with Crippen molar-refractivity contribution in [3.63, 3.8) is 0 Å². The standard InChI is InChI=1S/C16H28O2/c1-13(2)9-10(16(7,8)18-13)11(17)12-14(3,4)15(12,5)6/h10,12H,9H2,1-8H3. The van der Waals surface area contributed by atoms with Crippen molar-refractivity contribution >= 4 is 5.78 Å². The van der Waals surface area contributed by atoms with E-state index in [1.165, 1.54) is 0 Å². The Labute approximate surface area is 111 Å². The molecule has 2 nitrogen and oxygen atoms in total. The van der Waals surface area contributed by atoms with Crippen molar-refractivity contribution in [1.29, 1.82) is 0 Å². The molecule has 1 unspecified atom stereocenters. The van der Waals surface area contributed by atoms with Gasteiger partial charge >= 0.3 is 0 Å². The lowest BCUT2D eigenvalue weighted by Gasteiger charge is -2.27. The van der Waals surface area contributed by atoms with Gasteiger partial charge < -0.3 is 4.74 Å². The van der Waals surface area contributed by atoms with Crippen LogP contribution in [0.3, 0.4) is 0 Å². The van der Waals surface area contributed by atoms with Crippen LogP contribution in [0.25, 0.3) is 0 Å². The number of rotatable bonds is 2. The molecule has 1 heterocycles. The Morgan fingerprint density at radius 2 is 1.39 bits per heavy atom. The third kappa shape index (κ3) is 1.76. The first-order valence-electron chi connectivity index (χ1n) is 7.07. The van der Waals surface area contributed by atoms with E-state index in [0.29, 0.717) is 5.78 Å². The molecule has 0 amide bonds. The van der Waals surface area contributed by atoms with E-state index in [-0.39, 0.29) is 33.9 Å². The summed E-state index contributed by atoms with van der Waals surface area (Å²) in [5.41, 5.74) is -0.234. The molecular weight excluding hydrogens is 224 g/mol. The van der Waals surface area contributed by atoms with E-state index >= 15 is 0 Å². The predicted octanol–water partition coefficient (Wildman–Crippen LogP) is 3.83. The maximum Gasteiger partial charge on any atom is 0.143 e. The zero-order valence-corrected chi connectivity index (χ0v) is 13.2. The molecule has 1 saturated heterocycles. The predicted molar refractivity (Wildman–Crippen MR) is 73.4 cm³/mol. The lowest BCUT2D eigenvalue weighted by Crippen LogP contribution is -2.35. The molecule has 1 saturated carbocycles. The van der Waals surface area contributed by atoms with Gasteiger partial charge in [-0.1, -0.05) is 27.7 Å². The van der Waals surface area contributed by atoms with Gasteiger partial charge in [-0.3, -0.25) is 4.79 Å². The first kappa shape index (κ1) is 14.0. The minimum atomic E-state index is -0.324. The van der Waals surface area contributed by atoms with Crippen LogP contribution in [0.5, 0.6) is 0 Å². The number of ketones is 1. The second-order valence-electron chi connectivity index (χ2n) is 8.50. The molecule has 0 aromatic carbocycles. The number of carbonyl (C=O) groups is 1. The van der Waals surface area contributed by atoms with Crippen LogP contribution in [-0.4, -0.2) is 17.0 Å². The molecule has 1 aliphatic heterocycles. The topological polar surface area (TPSA) is 26.3 Å². The Kier molecular flexibility index (Phi) is 2.64. The van der Waals surface area contributed by atoms with Crippen LogP contribution in [-0.2, 0) is 9.53 Å². The second-order valence-corrected chi connectivity index (χ2v) is 8.50. The summed E-state index contributed by atoms with van der Waals surface area (Å²) in [6.45, 7) is 17.1. The fourth-order valence-electron chi connectivity index (χ4n) is 4.11. The van der Waals surface area contributed by atoms with E-state index in [9.17, 15) is 4.79 Å². The van der Waals surface area contributed by atoms with Crippen molar-refractivity contribution in [2.75, 3.05) is 0 Å². The molecule has 0 radical (unpaired) electrons. The van der Waals surface area contributed by atoms with E-state index in [1.54, 1.807) is 0 Å². The highest BCUT2D eigenvalue weighted by atomic mass is 16.5. The van der Waals surface area contributed by atoms with Gasteiger partial charge in [0.15, 0.2) is 0 Å². The molecule has 0 spiro atoms. The molecular formula is C16H28O2. The molecule has 104 valence electrons. The highest BCUT2D eigenvalue weighted by Gasteiger charge is 2.70. The van der Waals surface area contributed by atoms with Crippen molar-refractivity contribution in [1.82, 2.24) is 0 Å². The number of Topliss-reactive ketones (excluding diaryl/α,β-unsaturated/α-hetero) is 1. The molecule has 0 aromatic heterocycles. The molecule has 18 heavy (non-hydrogen) atoms. The highest BCUT2D eigenvalue weighted by molar-refractivity contribution is 5.89. The summed E-state index contributed by atoms with van der Waals surface area (Å²) in [6, 6.07) is 0. The molecule has 0 N–H and O–H groups in total. The second kappa shape index (κ2) is 3.39. The summed E-state index contributed by atoms with van der Waals surface area (Å²) < 4.78 is 6.06. The molecule has 1 atom stereocenters. The lowest BCUT2D eigenvalue weighted by atomic mass is 9.81. The average Bonchev–Trinajstić information content (AvgIpc) is 2.39. The Hall–Kier alpha value is -0.370. The highest BCUT2D eigenvalue weighted by Crippen LogP contribution is 2.70. The molecule has 0 aromatic rings. The van der Waals surface area contributed by atoms with Crippen molar-refractivity contribution in [3.8, 4) is 0 Å². The van der Waals surface area contributed by atoms with Gasteiger partial charge in [-0.25, -0.2) is 0 Å². The molecule has 2 fully saturated rings. The van der Waals surface area contributed by atoms with Crippen molar-refractivity contribution < 1.29 is 9.53 Å². The van der Waals surface area contributed by atoms with Crippen LogP contribution in [0.2, 0.25) is 0 Å². The zero-order valence-electron chi connectivity index (χ0n) is 13.2. The van der Waals surface area contributed by atoms with Crippen molar-refractivity contribution in [2.24, 2.45) is 22.7 Å². The quantitative estimate of drug-likeness (QED) is 0.746. The normalized spacial score (nSPS) is 35.4. The van der Waals surface area contributed by atoms with Gasteiger partial charge in [0.05, 0.1) is 11.2 Å². The fraction of sp³-hybridized carbons (Fsp3) is 0.938. The minimum absolute atomic E-state index is 0.0403. The fourth-order valence-corrected chi connectivity index (χ4v) is 4.11. The number of hydrogen-bond acceptors (Lipinski definition) is 2. The summed E-state index contributed by atoms with van der Waals surface area (Å²) in [5, 5.41) is 0. The van der Waals surface area contributed by atoms with Gasteiger partial charge in [0.25, 0.3) is 0 Å². The van der Waals surface area contributed by atoms with Crippen LogP contribution in [0.1, 0.15) is 61.8 Å². The Balaban J connectivity index is 2.22. The molecule has 2 rings (SSSR count). The first-order chi connectivity index (χ1) is 7.83. The van der Waals surface area contributed by atoms with Crippen molar-refractivity contribution in [2.45, 2.75) is 73.0 Å². The van der Waals surface area contributed by atoms with E-state index in [1.807, 2.05) is 0 Å². The van der Waals surface area contributed by atoms with E-state index in [4.69, 9.17) is 4.74 Å². The molecule has 0 bridgehead atoms. The first-order valence-corrected chi connectivity index (χ1v) is 7.07. The lowest BCUT2D eigenvalue weighted by molar-refractivity contribution is -0.131. The van der Waals surface area contributed by atoms with Gasteiger partial charge in [0.2, 0.25) is 0 Å². The van der Waals surface area contributed by atoms with Crippen LogP contribution in [0.4, 0.5) is 0 Å². The number of carbonyl (C=O) groups excluding carboxylic acids is 1. The SMILES string of the molecule is CC1(C)CC(C(=O)C2C(C)(C)C2(C)C)C(C)(C)O1. The van der Waals surface area contributed by atoms with Crippen LogP contribution in [0, 0.1) is 22.7 Å². The molecule has 2 heteroatoms. The number of hydrogen-bond donors (Lipinski definition) is 0. The Morgan fingerprint density at radius 1 is 0.944 bits per heavy atom. The zero-order chi connectivity index (χ0) is 14.1. The molecule has 1 aliphatic carbocycles. The maximum atomic E-state index is 12.9. The summed E-state index contributed by atoms with van der Waals surface area (Å²) in [7, 11) is 0. The summed E-state index contributed by atoms with van der Waals surface area (Å²) in [6.07, 6.45) is 0.849. The Bertz CT molecular complexity index is 374. The minimum Gasteiger partial charge on any atom is -0.369 e. The Morgan fingerprint density at radius 3 is 1.67 bits per heavy atom. The number of ether oxygens (including phenoxy) is 1. The average molecular weight is 252 g/mol. The summed E-state index contributed by atoms with van der Waals surface area (Å²) >= 11 is 0. The van der Waals surface area contributed by atoms with Gasteiger partial charge in [0, 0.05) is 11.8 Å². The van der Waals surface area contributed by atoms with Gasteiger partial charge in [0.1, 0.15) is 5.78 Å². The van der Waals surface area contributed by atoms with Gasteiger partial charge in [-0.2, -0.15) is 0 Å². The van der Waals surface area contributed by atoms with Crippen LogP contribution in [0.15, 0.2) is 0 Å². The van der Waals surface area contributed by atoms with Gasteiger partial charge in [-0.05, 0) is 44.9 Å². The van der Waals surface area contributed by atoms with Crippen molar-refractivity contribution in [3.05, 3.63) is 0 Å². The van der Waals surface area contributed by atoms with Crippen LogP contribution >= 0.6 is 0 Å². The third-order valence-electron chi connectivity index (χ3n) is 5.72. The molecule has 2 aliphatic rings. The third-order valence-corrected chi connectivity index (χ3v) is 5.72. The van der Waals surface area contributed by atoms with Gasteiger partial charge in [-0.15, -0.1) is 0 Å². The van der Waals surface area contributed by atoms with E-state index in [0.717, 1.165) is 6.42 Å². The van der Waals surface area contributed by atoms with E-state index in [2.05, 4.69) is 55.4 Å². The van der Waals surface area contributed by atoms with E-state index < -0.39 is 0 Å². The summed E-state index contributed by atoms with van der Waals surface area (Å²) in [5.74, 6) is 0.644. The summed E-state index contributed by atoms with van der Waals surface area (Å²) in [4.78, 5) is 12.9. The maximum absolute atomic E-state index is 12.9.